The molecule has 0 spiro atoms. The summed E-state index contributed by atoms with van der Waals surface area (Å²) in [6.07, 6.45) is 4.63. The fourth-order valence-electron chi connectivity index (χ4n) is 4.85. The lowest BCUT2D eigenvalue weighted by Gasteiger charge is -2.36. The van der Waals surface area contributed by atoms with Crippen LogP contribution in [-0.2, 0) is 11.3 Å². The van der Waals surface area contributed by atoms with Crippen LogP contribution in [0.2, 0.25) is 0 Å². The van der Waals surface area contributed by atoms with Crippen molar-refractivity contribution in [3.63, 3.8) is 0 Å². The van der Waals surface area contributed by atoms with Crippen LogP contribution in [0.4, 0.5) is 4.79 Å². The minimum Gasteiger partial charge on any atom is -0.445 e. The second-order valence-electron chi connectivity index (χ2n) is 8.63. The topological polar surface area (TPSA) is 90.5 Å². The summed E-state index contributed by atoms with van der Waals surface area (Å²) in [5, 5.41) is 4.56. The Hall–Kier alpha value is -3.68. The van der Waals surface area contributed by atoms with Gasteiger partial charge in [-0.2, -0.15) is 0 Å². The number of aromatic nitrogens is 3. The zero-order valence-corrected chi connectivity index (χ0v) is 18.7. The fourth-order valence-corrected chi connectivity index (χ4v) is 4.85. The highest BCUT2D eigenvalue weighted by atomic mass is 16.6. The number of fused-ring (bicyclic) bond motifs is 3. The molecule has 1 fully saturated rings. The number of nitrogens with zero attached hydrogens (tertiary/aromatic N) is 4. The van der Waals surface area contributed by atoms with Gasteiger partial charge in [0.05, 0.1) is 5.52 Å². The molecule has 8 nitrogen and oxygen atoms in total. The first-order valence-electron chi connectivity index (χ1n) is 11.2. The first kappa shape index (κ1) is 21.2. The summed E-state index contributed by atoms with van der Waals surface area (Å²) in [6, 6.07) is 13.3. The molecular weight excluding hydrogens is 420 g/mol. The zero-order valence-electron chi connectivity index (χ0n) is 18.7. The first-order valence-corrected chi connectivity index (χ1v) is 11.2. The number of amides is 1. The van der Waals surface area contributed by atoms with Gasteiger partial charge >= 0.3 is 6.09 Å². The van der Waals surface area contributed by atoms with Crippen molar-refractivity contribution in [2.45, 2.75) is 51.3 Å². The molecule has 0 radical (unpaired) electrons. The highest BCUT2D eigenvalue weighted by molar-refractivity contribution is 6.01. The standard InChI is InChI=1S/C25H26N4O4/c1-16-21-23(27-33-16)22-20(12-7-13-26-22)29(24(21)30)19-11-6-10-18(14-19)28(2)25(31)32-15-17-8-4-3-5-9-17/h3-5,7-9,12-13,18-19H,6,10-11,14-15H2,1-2H3. The quantitative estimate of drug-likeness (QED) is 0.455. The summed E-state index contributed by atoms with van der Waals surface area (Å²) >= 11 is 0. The monoisotopic (exact) mass is 446 g/mol. The van der Waals surface area contributed by atoms with E-state index in [1.807, 2.05) is 47.0 Å². The summed E-state index contributed by atoms with van der Waals surface area (Å²) in [6.45, 7) is 1.98. The predicted octanol–water partition coefficient (Wildman–Crippen LogP) is 4.60. The molecule has 8 heteroatoms. The number of carbonyl (C=O) groups is 1. The third-order valence-corrected chi connectivity index (χ3v) is 6.59. The summed E-state index contributed by atoms with van der Waals surface area (Å²) in [5.74, 6) is 0.491. The molecule has 2 atom stereocenters. The molecule has 33 heavy (non-hydrogen) atoms. The van der Waals surface area contributed by atoms with Gasteiger partial charge in [-0.15, -0.1) is 0 Å². The van der Waals surface area contributed by atoms with Crippen molar-refractivity contribution >= 4 is 28.0 Å². The number of hydrogen-bond acceptors (Lipinski definition) is 6. The molecule has 170 valence electrons. The summed E-state index contributed by atoms with van der Waals surface area (Å²) in [7, 11) is 1.77. The molecule has 0 aliphatic heterocycles. The summed E-state index contributed by atoms with van der Waals surface area (Å²) in [4.78, 5) is 32.4. The normalized spacial score (nSPS) is 18.5. The molecule has 0 saturated heterocycles. The Kier molecular flexibility index (Phi) is 5.58. The maximum Gasteiger partial charge on any atom is 0.410 e. The van der Waals surface area contributed by atoms with Gasteiger partial charge in [-0.25, -0.2) is 4.79 Å². The maximum absolute atomic E-state index is 13.5. The maximum atomic E-state index is 13.5. The van der Waals surface area contributed by atoms with Crippen molar-refractivity contribution < 1.29 is 14.1 Å². The second kappa shape index (κ2) is 8.69. The van der Waals surface area contributed by atoms with E-state index >= 15 is 0 Å². The molecule has 0 bridgehead atoms. The molecule has 1 aliphatic rings. The largest absolute Gasteiger partial charge is 0.445 e. The van der Waals surface area contributed by atoms with Gasteiger partial charge < -0.3 is 18.7 Å². The zero-order chi connectivity index (χ0) is 22.9. The molecule has 3 aromatic heterocycles. The molecule has 0 N–H and O–H groups in total. The Balaban J connectivity index is 1.41. The average molecular weight is 447 g/mol. The molecule has 2 unspecified atom stereocenters. The van der Waals surface area contributed by atoms with E-state index < -0.39 is 0 Å². The van der Waals surface area contributed by atoms with Crippen molar-refractivity contribution in [2.75, 3.05) is 7.05 Å². The van der Waals surface area contributed by atoms with Gasteiger partial charge in [0.15, 0.2) is 0 Å². The lowest BCUT2D eigenvalue weighted by atomic mass is 9.89. The van der Waals surface area contributed by atoms with Crippen LogP contribution in [0.5, 0.6) is 0 Å². The Labute approximate surface area is 190 Å². The van der Waals surface area contributed by atoms with Crippen molar-refractivity contribution in [2.24, 2.45) is 0 Å². The molecule has 3 heterocycles. The number of benzene rings is 1. The Morgan fingerprint density at radius 1 is 1.18 bits per heavy atom. The van der Waals surface area contributed by atoms with Crippen molar-refractivity contribution in [1.82, 2.24) is 19.6 Å². The van der Waals surface area contributed by atoms with Crippen LogP contribution >= 0.6 is 0 Å². The number of rotatable bonds is 4. The van der Waals surface area contributed by atoms with E-state index in [1.54, 1.807) is 25.1 Å². The van der Waals surface area contributed by atoms with Crippen molar-refractivity contribution in [3.05, 3.63) is 70.3 Å². The molecular formula is C25H26N4O4. The lowest BCUT2D eigenvalue weighted by Crippen LogP contribution is -2.42. The van der Waals surface area contributed by atoms with Crippen LogP contribution in [0.3, 0.4) is 0 Å². The molecule has 1 aromatic carbocycles. The Morgan fingerprint density at radius 2 is 2.00 bits per heavy atom. The van der Waals surface area contributed by atoms with E-state index in [0.29, 0.717) is 28.6 Å². The van der Waals surface area contributed by atoms with E-state index in [-0.39, 0.29) is 30.3 Å². The van der Waals surface area contributed by atoms with E-state index in [4.69, 9.17) is 9.26 Å². The third-order valence-electron chi connectivity index (χ3n) is 6.59. The summed E-state index contributed by atoms with van der Waals surface area (Å²) in [5.41, 5.74) is 2.72. The Bertz CT molecular complexity index is 1360. The van der Waals surface area contributed by atoms with Gasteiger partial charge in [-0.3, -0.25) is 9.78 Å². The van der Waals surface area contributed by atoms with E-state index in [0.717, 1.165) is 30.3 Å². The number of pyridine rings is 2. The SMILES string of the molecule is Cc1onc2c1c(=O)n(C1CCCC(N(C)C(=O)OCc3ccccc3)C1)c1cccnc21. The number of hydrogen-bond donors (Lipinski definition) is 0. The smallest absolute Gasteiger partial charge is 0.410 e. The van der Waals surface area contributed by atoms with Gasteiger partial charge in [0.1, 0.15) is 28.8 Å². The molecule has 1 amide bonds. The van der Waals surface area contributed by atoms with E-state index in [2.05, 4.69) is 10.1 Å². The minimum atomic E-state index is -0.353. The first-order chi connectivity index (χ1) is 16.0. The number of ether oxygens (including phenoxy) is 1. The number of aryl methyl sites for hydroxylation is 1. The molecule has 5 rings (SSSR count). The number of carbonyl (C=O) groups excluding carboxylic acids is 1. The van der Waals surface area contributed by atoms with E-state index in [1.165, 1.54) is 0 Å². The lowest BCUT2D eigenvalue weighted by molar-refractivity contribution is 0.0781. The highest BCUT2D eigenvalue weighted by Crippen LogP contribution is 2.33. The average Bonchev–Trinajstić information content (AvgIpc) is 3.25. The van der Waals surface area contributed by atoms with Crippen molar-refractivity contribution in [3.8, 4) is 0 Å². The third kappa shape index (κ3) is 3.86. The Morgan fingerprint density at radius 3 is 2.82 bits per heavy atom. The van der Waals surface area contributed by atoms with Crippen LogP contribution in [0.1, 0.15) is 43.0 Å². The predicted molar refractivity (Wildman–Crippen MR) is 124 cm³/mol. The molecule has 1 saturated carbocycles. The van der Waals surface area contributed by atoms with Gasteiger partial charge in [-0.05, 0) is 50.3 Å². The van der Waals surface area contributed by atoms with Gasteiger partial charge in [0.25, 0.3) is 5.56 Å². The van der Waals surface area contributed by atoms with E-state index in [9.17, 15) is 9.59 Å². The van der Waals surface area contributed by atoms with Crippen LogP contribution in [0, 0.1) is 6.92 Å². The fraction of sp³-hybridized carbons (Fsp3) is 0.360. The van der Waals surface area contributed by atoms with Crippen LogP contribution in [0.15, 0.2) is 58.0 Å². The van der Waals surface area contributed by atoms with Crippen LogP contribution < -0.4 is 5.56 Å². The van der Waals surface area contributed by atoms with Crippen LogP contribution in [0.25, 0.3) is 21.9 Å². The minimum absolute atomic E-state index is 0.0232. The van der Waals surface area contributed by atoms with Crippen LogP contribution in [-0.4, -0.2) is 38.8 Å². The van der Waals surface area contributed by atoms with Gasteiger partial charge in [-0.1, -0.05) is 35.5 Å². The van der Waals surface area contributed by atoms with Gasteiger partial charge in [0.2, 0.25) is 0 Å². The molecule has 4 aromatic rings. The van der Waals surface area contributed by atoms with Gasteiger partial charge in [0, 0.05) is 25.3 Å². The second-order valence-corrected chi connectivity index (χ2v) is 8.63. The molecule has 1 aliphatic carbocycles. The summed E-state index contributed by atoms with van der Waals surface area (Å²) < 4.78 is 12.7. The van der Waals surface area contributed by atoms with Crippen molar-refractivity contribution in [1.29, 1.82) is 0 Å². The highest BCUT2D eigenvalue weighted by Gasteiger charge is 2.31.